The van der Waals surface area contributed by atoms with Crippen LogP contribution < -0.4 is 4.74 Å². The lowest BCUT2D eigenvalue weighted by atomic mass is 10.1. The van der Waals surface area contributed by atoms with E-state index in [0.717, 1.165) is 5.69 Å². The van der Waals surface area contributed by atoms with Gasteiger partial charge in [-0.3, -0.25) is 0 Å². The Hall–Kier alpha value is -2.36. The van der Waals surface area contributed by atoms with E-state index in [-0.39, 0.29) is 11.3 Å². The van der Waals surface area contributed by atoms with E-state index in [1.165, 1.54) is 13.2 Å². The number of benzene rings is 2. The van der Waals surface area contributed by atoms with Crippen molar-refractivity contribution in [2.45, 2.75) is 6.43 Å². The Morgan fingerprint density at radius 1 is 1.14 bits per heavy atom. The second kappa shape index (κ2) is 7.43. The van der Waals surface area contributed by atoms with Crippen molar-refractivity contribution in [3.63, 3.8) is 0 Å². The molecular weight excluding hydrogens is 272 g/mol. The Morgan fingerprint density at radius 3 is 2.57 bits per heavy atom. The summed E-state index contributed by atoms with van der Waals surface area (Å²) >= 11 is 0. The minimum Gasteiger partial charge on any atom is -0.681 e. The third-order valence-electron chi connectivity index (χ3n) is 2.93. The van der Waals surface area contributed by atoms with Gasteiger partial charge in [-0.25, -0.2) is 8.78 Å². The first-order chi connectivity index (χ1) is 10.2. The summed E-state index contributed by atoms with van der Waals surface area (Å²) in [5, 5.41) is 4.35. The topological polar surface area (TPSA) is 23.3 Å². The summed E-state index contributed by atoms with van der Waals surface area (Å²) in [5.74, 6) is 0.205. The van der Waals surface area contributed by atoms with Crippen LogP contribution in [0.4, 0.5) is 14.5 Å². The largest absolute Gasteiger partial charge is 0.681 e. The maximum Gasteiger partial charge on any atom is 0.267 e. The first kappa shape index (κ1) is 15.0. The zero-order valence-electron chi connectivity index (χ0n) is 11.7. The Kier molecular flexibility index (Phi) is 5.32. The van der Waals surface area contributed by atoms with Gasteiger partial charge in [0.05, 0.1) is 12.7 Å². The van der Waals surface area contributed by atoms with Crippen molar-refractivity contribution < 1.29 is 13.5 Å². The van der Waals surface area contributed by atoms with Crippen LogP contribution in [0.15, 0.2) is 54.6 Å². The lowest BCUT2D eigenvalue weighted by molar-refractivity contribution is 0.147. The highest BCUT2D eigenvalue weighted by Crippen LogP contribution is 2.30. The van der Waals surface area contributed by atoms with Gasteiger partial charge >= 0.3 is 0 Å². The van der Waals surface area contributed by atoms with Crippen LogP contribution in [0.25, 0.3) is 11.4 Å². The molecule has 0 aliphatic rings. The predicted octanol–water partition coefficient (Wildman–Crippen LogP) is 5.35. The number of alkyl halides is 2. The van der Waals surface area contributed by atoms with Crippen LogP contribution in [-0.4, -0.2) is 13.7 Å². The summed E-state index contributed by atoms with van der Waals surface area (Å²) < 4.78 is 30.7. The summed E-state index contributed by atoms with van der Waals surface area (Å²) in [5.41, 5.74) is 1.50. The summed E-state index contributed by atoms with van der Waals surface area (Å²) in [6, 6.07) is 14.3. The highest BCUT2D eigenvalue weighted by Gasteiger charge is 2.13. The smallest absolute Gasteiger partial charge is 0.267 e. The van der Waals surface area contributed by atoms with Crippen LogP contribution in [-0.2, 0) is 0 Å². The summed E-state index contributed by atoms with van der Waals surface area (Å²) in [6.07, 6.45) is 1.06. The van der Waals surface area contributed by atoms with Gasteiger partial charge in [0.1, 0.15) is 5.75 Å². The van der Waals surface area contributed by atoms with E-state index in [9.17, 15) is 8.78 Å². The van der Waals surface area contributed by atoms with E-state index in [2.05, 4.69) is 5.32 Å². The molecule has 110 valence electrons. The summed E-state index contributed by atoms with van der Waals surface area (Å²) in [4.78, 5) is 0. The normalized spacial score (nSPS) is 11.0. The SMILES string of the molecule is COc1ccc(C=CC[N-]c2ccccc2)cc1C(F)F. The molecule has 2 rings (SSSR count). The second-order valence-electron chi connectivity index (χ2n) is 4.38. The Morgan fingerprint density at radius 2 is 1.90 bits per heavy atom. The van der Waals surface area contributed by atoms with Crippen LogP contribution >= 0.6 is 0 Å². The van der Waals surface area contributed by atoms with Gasteiger partial charge in [0.25, 0.3) is 6.43 Å². The molecule has 0 N–H and O–H groups in total. The molecule has 0 saturated heterocycles. The van der Waals surface area contributed by atoms with Crippen molar-refractivity contribution in [3.05, 3.63) is 71.1 Å². The van der Waals surface area contributed by atoms with E-state index in [4.69, 9.17) is 4.74 Å². The maximum atomic E-state index is 12.9. The molecule has 4 heteroatoms. The first-order valence-corrected chi connectivity index (χ1v) is 6.56. The number of rotatable bonds is 6. The maximum absolute atomic E-state index is 12.9. The molecule has 0 spiro atoms. The minimum atomic E-state index is -2.55. The van der Waals surface area contributed by atoms with E-state index < -0.39 is 6.43 Å². The molecule has 2 aromatic carbocycles. The van der Waals surface area contributed by atoms with E-state index in [0.29, 0.717) is 12.1 Å². The number of halogens is 2. The molecule has 0 atom stereocenters. The third kappa shape index (κ3) is 4.31. The predicted molar refractivity (Wildman–Crippen MR) is 81.3 cm³/mol. The quantitative estimate of drug-likeness (QED) is 0.702. The van der Waals surface area contributed by atoms with Crippen LogP contribution in [0.1, 0.15) is 17.6 Å². The Labute approximate surface area is 123 Å². The molecular formula is C17H16F2NO-. The van der Waals surface area contributed by atoms with Crippen molar-refractivity contribution in [1.82, 2.24) is 0 Å². The highest BCUT2D eigenvalue weighted by molar-refractivity contribution is 5.55. The van der Waals surface area contributed by atoms with Crippen molar-refractivity contribution in [2.24, 2.45) is 0 Å². The van der Waals surface area contributed by atoms with E-state index >= 15 is 0 Å². The average Bonchev–Trinajstić information content (AvgIpc) is 2.52. The molecule has 0 unspecified atom stereocenters. The molecule has 0 heterocycles. The van der Waals surface area contributed by atoms with E-state index in [1.54, 1.807) is 18.2 Å². The van der Waals surface area contributed by atoms with Crippen LogP contribution in [0.3, 0.4) is 0 Å². The van der Waals surface area contributed by atoms with Gasteiger partial charge < -0.3 is 10.1 Å². The first-order valence-electron chi connectivity index (χ1n) is 6.56. The molecule has 0 aromatic heterocycles. The fourth-order valence-corrected chi connectivity index (χ4v) is 1.91. The fourth-order valence-electron chi connectivity index (χ4n) is 1.91. The highest BCUT2D eigenvalue weighted by atomic mass is 19.3. The Bertz CT molecular complexity index is 597. The molecule has 21 heavy (non-hydrogen) atoms. The molecule has 0 amide bonds. The zero-order valence-corrected chi connectivity index (χ0v) is 11.7. The average molecular weight is 288 g/mol. The number of ether oxygens (including phenoxy) is 1. The van der Waals surface area contributed by atoms with Gasteiger partial charge in [0, 0.05) is 0 Å². The number of para-hydroxylation sites is 1. The molecule has 0 fully saturated rings. The monoisotopic (exact) mass is 288 g/mol. The summed E-state index contributed by atoms with van der Waals surface area (Å²) in [6.45, 7) is 0.500. The van der Waals surface area contributed by atoms with Crippen molar-refractivity contribution in [2.75, 3.05) is 13.7 Å². The number of methoxy groups -OCH3 is 1. The lowest BCUT2D eigenvalue weighted by Crippen LogP contribution is -1.93. The molecule has 0 radical (unpaired) electrons. The van der Waals surface area contributed by atoms with Gasteiger partial charge in [0.15, 0.2) is 0 Å². The van der Waals surface area contributed by atoms with Gasteiger partial charge in [0.2, 0.25) is 0 Å². The minimum absolute atomic E-state index is 0.0975. The molecule has 2 nitrogen and oxygen atoms in total. The number of hydrogen-bond acceptors (Lipinski definition) is 1. The van der Waals surface area contributed by atoms with Crippen molar-refractivity contribution in [3.8, 4) is 5.75 Å². The van der Waals surface area contributed by atoms with Gasteiger partial charge in [-0.05, 0) is 17.7 Å². The molecule has 0 bridgehead atoms. The fraction of sp³-hybridized carbons (Fsp3) is 0.176. The van der Waals surface area contributed by atoms with Gasteiger partial charge in [-0.2, -0.15) is 0 Å². The molecule has 0 aliphatic heterocycles. The number of hydrogen-bond donors (Lipinski definition) is 0. The van der Waals surface area contributed by atoms with Crippen LogP contribution in [0.2, 0.25) is 0 Å². The molecule has 2 aromatic rings. The second-order valence-corrected chi connectivity index (χ2v) is 4.38. The molecule has 0 aliphatic carbocycles. The van der Waals surface area contributed by atoms with Crippen molar-refractivity contribution in [1.29, 1.82) is 0 Å². The Balaban J connectivity index is 1.99. The molecule has 0 saturated carbocycles. The lowest BCUT2D eigenvalue weighted by Gasteiger charge is -2.18. The summed E-state index contributed by atoms with van der Waals surface area (Å²) in [7, 11) is 1.38. The van der Waals surface area contributed by atoms with Gasteiger partial charge in [-0.15, -0.1) is 18.3 Å². The van der Waals surface area contributed by atoms with E-state index in [1.807, 2.05) is 36.4 Å². The standard InChI is InChI=1S/C17H16F2NO/c1-21-16-10-9-13(12-15(16)17(18)19)6-5-11-20-14-7-3-2-4-8-14/h2-10,12,17H,11H2,1H3/q-1. The van der Waals surface area contributed by atoms with Crippen molar-refractivity contribution >= 4 is 11.8 Å². The van der Waals surface area contributed by atoms with Crippen LogP contribution in [0, 0.1) is 0 Å². The zero-order chi connectivity index (χ0) is 15.1. The third-order valence-corrected chi connectivity index (χ3v) is 2.93. The van der Waals surface area contributed by atoms with Crippen LogP contribution in [0.5, 0.6) is 5.75 Å². The van der Waals surface area contributed by atoms with Gasteiger partial charge in [-0.1, -0.05) is 42.5 Å². The number of nitrogens with zero attached hydrogens (tertiary/aromatic N) is 1.